The molecule has 0 spiro atoms. The SMILES string of the molecule is CC(C)C(C)(NS(=O)(=O)c1ccn[nH]1)c1ccc(-c2noc(C(F)(F)F)n2)cc1. The van der Waals surface area contributed by atoms with Gasteiger partial charge >= 0.3 is 12.1 Å². The molecule has 0 amide bonds. The fourth-order valence-electron chi connectivity index (χ4n) is 2.66. The molecule has 0 saturated heterocycles. The van der Waals surface area contributed by atoms with E-state index < -0.39 is 27.6 Å². The van der Waals surface area contributed by atoms with Crippen molar-refractivity contribution in [1.82, 2.24) is 25.1 Å². The van der Waals surface area contributed by atoms with Crippen molar-refractivity contribution in [3.8, 4) is 11.4 Å². The molecule has 0 radical (unpaired) electrons. The maximum absolute atomic E-state index is 12.7. The summed E-state index contributed by atoms with van der Waals surface area (Å²) in [6.45, 7) is 5.41. The lowest BCUT2D eigenvalue weighted by atomic mass is 9.82. The molecule has 3 aromatic rings. The van der Waals surface area contributed by atoms with E-state index in [0.29, 0.717) is 11.1 Å². The van der Waals surface area contributed by atoms with Gasteiger partial charge in [-0.1, -0.05) is 43.3 Å². The Morgan fingerprint density at radius 3 is 2.28 bits per heavy atom. The third-order valence-electron chi connectivity index (χ3n) is 4.68. The van der Waals surface area contributed by atoms with E-state index in [2.05, 4.69) is 29.6 Å². The Labute approximate surface area is 164 Å². The van der Waals surface area contributed by atoms with E-state index in [0.717, 1.165) is 0 Å². The molecule has 2 N–H and O–H groups in total. The van der Waals surface area contributed by atoms with Gasteiger partial charge in [0.1, 0.15) is 0 Å². The zero-order valence-corrected chi connectivity index (χ0v) is 16.5. The Bertz CT molecular complexity index is 1080. The summed E-state index contributed by atoms with van der Waals surface area (Å²) in [4.78, 5) is 3.35. The maximum atomic E-state index is 12.7. The lowest BCUT2D eigenvalue weighted by Gasteiger charge is -2.35. The van der Waals surface area contributed by atoms with Crippen molar-refractivity contribution in [1.29, 1.82) is 0 Å². The van der Waals surface area contributed by atoms with Crippen molar-refractivity contribution >= 4 is 10.0 Å². The van der Waals surface area contributed by atoms with E-state index in [1.807, 2.05) is 13.8 Å². The van der Waals surface area contributed by atoms with Gasteiger partial charge in [-0.15, -0.1) is 0 Å². The predicted molar refractivity (Wildman–Crippen MR) is 95.8 cm³/mol. The number of H-pyrrole nitrogens is 1. The van der Waals surface area contributed by atoms with Crippen LogP contribution in [-0.4, -0.2) is 28.8 Å². The molecule has 8 nitrogen and oxygen atoms in total. The minimum Gasteiger partial charge on any atom is -0.329 e. The third-order valence-corrected chi connectivity index (χ3v) is 6.18. The fraction of sp³-hybridized carbons (Fsp3) is 0.353. The van der Waals surface area contributed by atoms with Crippen LogP contribution in [0.1, 0.15) is 32.2 Å². The van der Waals surface area contributed by atoms with Gasteiger partial charge in [0.25, 0.3) is 10.0 Å². The monoisotopic (exact) mass is 429 g/mol. The molecule has 29 heavy (non-hydrogen) atoms. The minimum atomic E-state index is -4.73. The van der Waals surface area contributed by atoms with E-state index in [1.165, 1.54) is 24.4 Å². The zero-order valence-electron chi connectivity index (χ0n) is 15.6. The van der Waals surface area contributed by atoms with Gasteiger partial charge in [0.05, 0.1) is 11.7 Å². The molecule has 0 aliphatic rings. The van der Waals surface area contributed by atoms with Crippen LogP contribution in [0.2, 0.25) is 0 Å². The Balaban J connectivity index is 1.92. The minimum absolute atomic E-state index is 0.0764. The number of halogens is 3. The molecule has 3 rings (SSSR count). The van der Waals surface area contributed by atoms with Gasteiger partial charge in [-0.05, 0) is 24.5 Å². The summed E-state index contributed by atoms with van der Waals surface area (Å²) in [5.41, 5.74) is -0.0916. The summed E-state index contributed by atoms with van der Waals surface area (Å²) >= 11 is 0. The molecule has 0 aliphatic carbocycles. The van der Waals surface area contributed by atoms with Crippen molar-refractivity contribution in [2.75, 3.05) is 0 Å². The van der Waals surface area contributed by atoms with Crippen molar-refractivity contribution in [3.63, 3.8) is 0 Å². The molecular formula is C17H18F3N5O3S. The average Bonchev–Trinajstić information content (AvgIpc) is 3.33. The summed E-state index contributed by atoms with van der Waals surface area (Å²) in [7, 11) is -3.88. The first-order chi connectivity index (χ1) is 13.4. The first kappa shape index (κ1) is 21.0. The van der Waals surface area contributed by atoms with E-state index in [9.17, 15) is 21.6 Å². The van der Waals surface area contributed by atoms with E-state index in [1.54, 1.807) is 19.1 Å². The molecule has 0 fully saturated rings. The number of rotatable bonds is 6. The Morgan fingerprint density at radius 2 is 1.79 bits per heavy atom. The summed E-state index contributed by atoms with van der Waals surface area (Å²) in [6.07, 6.45) is -3.40. The Kier molecular flexibility index (Phi) is 5.26. The standard InChI is InChI=1S/C17H18F3N5O3S/c1-10(2)16(3,25-29(26,27)13-8-9-21-23-13)12-6-4-11(5-7-12)14-22-15(28-24-14)17(18,19)20/h4-10,25H,1-3H3,(H,21,23). The molecule has 156 valence electrons. The molecule has 2 aromatic heterocycles. The highest BCUT2D eigenvalue weighted by Gasteiger charge is 2.39. The number of nitrogens with one attached hydrogen (secondary N) is 2. The smallest absolute Gasteiger partial charge is 0.329 e. The van der Waals surface area contributed by atoms with E-state index >= 15 is 0 Å². The highest BCUT2D eigenvalue weighted by atomic mass is 32.2. The lowest BCUT2D eigenvalue weighted by Crippen LogP contribution is -2.47. The number of aromatic nitrogens is 4. The van der Waals surface area contributed by atoms with Crippen molar-refractivity contribution < 1.29 is 26.1 Å². The number of hydrogen-bond donors (Lipinski definition) is 2. The van der Waals surface area contributed by atoms with Crippen LogP contribution in [0.15, 0.2) is 46.1 Å². The molecule has 1 atom stereocenters. The second-order valence-corrected chi connectivity index (χ2v) is 8.53. The second kappa shape index (κ2) is 7.26. The molecule has 1 aromatic carbocycles. The van der Waals surface area contributed by atoms with Crippen LogP contribution >= 0.6 is 0 Å². The van der Waals surface area contributed by atoms with Crippen molar-refractivity contribution in [3.05, 3.63) is 48.0 Å². The molecular weight excluding hydrogens is 411 g/mol. The fourth-order valence-corrected chi connectivity index (χ4v) is 4.09. The summed E-state index contributed by atoms with van der Waals surface area (Å²) in [5.74, 6) is -1.81. The Morgan fingerprint density at radius 1 is 1.14 bits per heavy atom. The molecule has 12 heteroatoms. The first-order valence-electron chi connectivity index (χ1n) is 8.48. The van der Waals surface area contributed by atoms with Gasteiger partial charge in [-0.25, -0.2) is 8.42 Å². The molecule has 0 saturated carbocycles. The highest BCUT2D eigenvalue weighted by Crippen LogP contribution is 2.33. The van der Waals surface area contributed by atoms with Crippen LogP contribution in [0, 0.1) is 5.92 Å². The maximum Gasteiger partial charge on any atom is 0.471 e. The summed E-state index contributed by atoms with van der Waals surface area (Å²) in [6, 6.07) is 7.56. The van der Waals surface area contributed by atoms with Crippen molar-refractivity contribution in [2.45, 2.75) is 37.5 Å². The number of sulfonamides is 1. The van der Waals surface area contributed by atoms with E-state index in [-0.39, 0.29) is 16.8 Å². The Hall–Kier alpha value is -2.73. The third kappa shape index (κ3) is 4.17. The van der Waals surface area contributed by atoms with Crippen LogP contribution in [0.4, 0.5) is 13.2 Å². The van der Waals surface area contributed by atoms with Crippen LogP contribution in [0.5, 0.6) is 0 Å². The molecule has 2 heterocycles. The average molecular weight is 429 g/mol. The van der Waals surface area contributed by atoms with Gasteiger partial charge < -0.3 is 4.52 Å². The number of aromatic amines is 1. The predicted octanol–water partition coefficient (Wildman–Crippen LogP) is 3.33. The van der Waals surface area contributed by atoms with Crippen LogP contribution in [-0.2, 0) is 21.7 Å². The van der Waals surface area contributed by atoms with Crippen LogP contribution in [0.3, 0.4) is 0 Å². The van der Waals surface area contributed by atoms with Gasteiger partial charge in [-0.2, -0.15) is 28.0 Å². The van der Waals surface area contributed by atoms with Gasteiger partial charge in [0.15, 0.2) is 5.03 Å². The number of alkyl halides is 3. The van der Waals surface area contributed by atoms with Crippen molar-refractivity contribution in [2.24, 2.45) is 5.92 Å². The number of nitrogens with zero attached hydrogens (tertiary/aromatic N) is 3. The largest absolute Gasteiger partial charge is 0.471 e. The van der Waals surface area contributed by atoms with Gasteiger partial charge in [0.2, 0.25) is 5.82 Å². The van der Waals surface area contributed by atoms with Gasteiger partial charge in [0, 0.05) is 5.56 Å². The van der Waals surface area contributed by atoms with E-state index in [4.69, 9.17) is 0 Å². The summed E-state index contributed by atoms with van der Waals surface area (Å²) in [5, 5.41) is 9.34. The topological polar surface area (TPSA) is 114 Å². The number of hydrogen-bond acceptors (Lipinski definition) is 6. The molecule has 0 aliphatic heterocycles. The summed E-state index contributed by atoms with van der Waals surface area (Å²) < 4.78 is 70.1. The molecule has 1 unspecified atom stereocenters. The second-order valence-electron chi connectivity index (χ2n) is 6.88. The normalized spacial score (nSPS) is 14.9. The number of benzene rings is 1. The highest BCUT2D eigenvalue weighted by molar-refractivity contribution is 7.89. The lowest BCUT2D eigenvalue weighted by molar-refractivity contribution is -0.159. The van der Waals surface area contributed by atoms with Crippen LogP contribution in [0.25, 0.3) is 11.4 Å². The first-order valence-corrected chi connectivity index (χ1v) is 9.97. The quantitative estimate of drug-likeness (QED) is 0.621. The van der Waals surface area contributed by atoms with Gasteiger partial charge in [-0.3, -0.25) is 5.10 Å². The zero-order chi connectivity index (χ0) is 21.4. The molecule has 0 bridgehead atoms. The van der Waals surface area contributed by atoms with Crippen LogP contribution < -0.4 is 4.72 Å².